The lowest BCUT2D eigenvalue weighted by atomic mass is 9.81. The molecule has 1 aromatic rings. The fraction of sp³-hybridized carbons (Fsp3) is 0.500. The van der Waals surface area contributed by atoms with Crippen molar-refractivity contribution in [2.24, 2.45) is 5.92 Å². The van der Waals surface area contributed by atoms with Crippen LogP contribution < -0.4 is 5.32 Å². The molecule has 1 fully saturated rings. The Labute approximate surface area is 105 Å². The average molecular weight is 255 g/mol. The molecule has 0 saturated heterocycles. The monoisotopic (exact) mass is 254 g/mol. The Hall–Kier alpha value is -1.29. The first-order valence-electron chi connectivity index (χ1n) is 5.68. The maximum atomic E-state index is 10.7. The van der Waals surface area contributed by atoms with Gasteiger partial charge < -0.3 is 5.32 Å². The van der Waals surface area contributed by atoms with Gasteiger partial charge in [-0.25, -0.2) is 0 Å². The molecule has 1 aliphatic carbocycles. The van der Waals surface area contributed by atoms with Crippen LogP contribution in [0.5, 0.6) is 0 Å². The number of nitrogens with one attached hydrogen (secondary N) is 1. The van der Waals surface area contributed by atoms with Crippen LogP contribution >= 0.6 is 11.6 Å². The van der Waals surface area contributed by atoms with Crippen molar-refractivity contribution in [2.45, 2.75) is 32.7 Å². The average Bonchev–Trinajstić information content (AvgIpc) is 2.20. The summed E-state index contributed by atoms with van der Waals surface area (Å²) in [6.07, 6.45) is 2.29. The van der Waals surface area contributed by atoms with E-state index < -0.39 is 4.92 Å². The molecule has 1 N–H and O–H groups in total. The van der Waals surface area contributed by atoms with Crippen molar-refractivity contribution in [2.75, 3.05) is 5.32 Å². The Bertz CT molecular complexity index is 456. The van der Waals surface area contributed by atoms with Gasteiger partial charge in [-0.15, -0.1) is 0 Å². The third kappa shape index (κ3) is 2.52. The van der Waals surface area contributed by atoms with Gasteiger partial charge in [-0.05, 0) is 37.3 Å². The summed E-state index contributed by atoms with van der Waals surface area (Å²) in [7, 11) is 0. The van der Waals surface area contributed by atoms with Gasteiger partial charge in [0.1, 0.15) is 5.02 Å². The van der Waals surface area contributed by atoms with Crippen LogP contribution in [0, 0.1) is 23.0 Å². The number of nitro groups is 1. The number of anilines is 1. The number of rotatable bonds is 3. The van der Waals surface area contributed by atoms with Crippen molar-refractivity contribution >= 4 is 23.0 Å². The third-order valence-corrected chi connectivity index (χ3v) is 3.53. The zero-order chi connectivity index (χ0) is 12.6. The van der Waals surface area contributed by atoms with Crippen LogP contribution in [-0.2, 0) is 0 Å². The molecule has 0 aliphatic heterocycles. The molecule has 0 heterocycles. The molecule has 0 aromatic heterocycles. The van der Waals surface area contributed by atoms with Crippen LogP contribution in [0.2, 0.25) is 5.02 Å². The summed E-state index contributed by atoms with van der Waals surface area (Å²) >= 11 is 5.89. The van der Waals surface area contributed by atoms with Crippen LogP contribution in [0.15, 0.2) is 12.1 Å². The Morgan fingerprint density at radius 1 is 1.47 bits per heavy atom. The van der Waals surface area contributed by atoms with Gasteiger partial charge in [0.25, 0.3) is 5.69 Å². The van der Waals surface area contributed by atoms with Crippen LogP contribution in [0.3, 0.4) is 0 Å². The number of benzene rings is 1. The van der Waals surface area contributed by atoms with Crippen molar-refractivity contribution < 1.29 is 4.92 Å². The molecule has 0 amide bonds. The van der Waals surface area contributed by atoms with Crippen LogP contribution in [-0.4, -0.2) is 11.0 Å². The molecular formula is C12H15ClN2O2. The van der Waals surface area contributed by atoms with Gasteiger partial charge in [0.15, 0.2) is 0 Å². The molecule has 1 saturated carbocycles. The smallest absolute Gasteiger partial charge is 0.288 e. The molecule has 92 valence electrons. The van der Waals surface area contributed by atoms with E-state index >= 15 is 0 Å². The molecule has 1 aromatic carbocycles. The minimum atomic E-state index is -0.454. The summed E-state index contributed by atoms with van der Waals surface area (Å²) < 4.78 is 0. The lowest BCUT2D eigenvalue weighted by Crippen LogP contribution is -2.33. The molecule has 2 rings (SSSR count). The zero-order valence-electron chi connectivity index (χ0n) is 9.87. The van der Waals surface area contributed by atoms with Gasteiger partial charge in [-0.2, -0.15) is 0 Å². The highest BCUT2D eigenvalue weighted by Crippen LogP contribution is 2.34. The van der Waals surface area contributed by atoms with E-state index in [0.717, 1.165) is 30.0 Å². The number of nitrogens with zero attached hydrogens (tertiary/aromatic N) is 1. The number of nitro benzene ring substituents is 1. The maximum Gasteiger partial charge on any atom is 0.288 e. The Balaban J connectivity index is 2.18. The molecule has 0 spiro atoms. The van der Waals surface area contributed by atoms with E-state index in [9.17, 15) is 10.1 Å². The van der Waals surface area contributed by atoms with E-state index in [1.54, 1.807) is 6.07 Å². The lowest BCUT2D eigenvalue weighted by Gasteiger charge is -2.34. The van der Waals surface area contributed by atoms with Gasteiger partial charge in [0.2, 0.25) is 0 Å². The molecule has 0 bridgehead atoms. The zero-order valence-corrected chi connectivity index (χ0v) is 10.6. The van der Waals surface area contributed by atoms with E-state index in [-0.39, 0.29) is 10.7 Å². The highest BCUT2D eigenvalue weighted by molar-refractivity contribution is 6.33. The standard InChI is InChI=1S/C12H15ClN2O2/c1-7-3-9(4-7)14-11-6-10(13)12(15(16)17)5-8(11)2/h5-7,9,14H,3-4H2,1-2H3. The van der Waals surface area contributed by atoms with Gasteiger partial charge in [0.05, 0.1) is 4.92 Å². The van der Waals surface area contributed by atoms with Gasteiger partial charge in [-0.1, -0.05) is 18.5 Å². The highest BCUT2D eigenvalue weighted by atomic mass is 35.5. The van der Waals surface area contributed by atoms with Gasteiger partial charge in [0, 0.05) is 17.8 Å². The van der Waals surface area contributed by atoms with Gasteiger partial charge in [-0.3, -0.25) is 10.1 Å². The summed E-state index contributed by atoms with van der Waals surface area (Å²) in [5.74, 6) is 0.765. The van der Waals surface area contributed by atoms with Crippen molar-refractivity contribution in [3.8, 4) is 0 Å². The topological polar surface area (TPSA) is 55.2 Å². The Morgan fingerprint density at radius 3 is 2.65 bits per heavy atom. The predicted octanol–water partition coefficient (Wildman–Crippen LogP) is 3.77. The Morgan fingerprint density at radius 2 is 2.12 bits per heavy atom. The highest BCUT2D eigenvalue weighted by Gasteiger charge is 2.26. The molecule has 1 aliphatic rings. The molecule has 17 heavy (non-hydrogen) atoms. The Kier molecular flexibility index (Phi) is 3.24. The first kappa shape index (κ1) is 12.2. The lowest BCUT2D eigenvalue weighted by molar-refractivity contribution is -0.384. The summed E-state index contributed by atoms with van der Waals surface area (Å²) in [5.41, 5.74) is 1.73. The fourth-order valence-electron chi connectivity index (χ4n) is 2.20. The quantitative estimate of drug-likeness (QED) is 0.660. The number of halogens is 1. The van der Waals surface area contributed by atoms with Crippen LogP contribution in [0.25, 0.3) is 0 Å². The summed E-state index contributed by atoms with van der Waals surface area (Å²) in [4.78, 5) is 10.3. The van der Waals surface area contributed by atoms with Crippen molar-refractivity contribution in [1.82, 2.24) is 0 Å². The van der Waals surface area contributed by atoms with Crippen LogP contribution in [0.4, 0.5) is 11.4 Å². The summed E-state index contributed by atoms with van der Waals surface area (Å²) in [6.45, 7) is 4.07. The number of hydrogen-bond acceptors (Lipinski definition) is 3. The SMILES string of the molecule is Cc1cc([N+](=O)[O-])c(Cl)cc1NC1CC(C)C1. The first-order chi connectivity index (χ1) is 7.97. The second-order valence-corrected chi connectivity index (χ2v) is 5.20. The second-order valence-electron chi connectivity index (χ2n) is 4.79. The number of aryl methyl sites for hydroxylation is 1. The van der Waals surface area contributed by atoms with E-state index in [0.29, 0.717) is 6.04 Å². The van der Waals surface area contributed by atoms with Crippen molar-refractivity contribution in [3.63, 3.8) is 0 Å². The first-order valence-corrected chi connectivity index (χ1v) is 6.06. The van der Waals surface area contributed by atoms with Crippen LogP contribution in [0.1, 0.15) is 25.3 Å². The minimum Gasteiger partial charge on any atom is -0.382 e. The summed E-state index contributed by atoms with van der Waals surface area (Å²) in [6, 6.07) is 3.64. The molecule has 4 nitrogen and oxygen atoms in total. The predicted molar refractivity (Wildman–Crippen MR) is 68.7 cm³/mol. The van der Waals surface area contributed by atoms with E-state index in [2.05, 4.69) is 12.2 Å². The van der Waals surface area contributed by atoms with Gasteiger partial charge >= 0.3 is 0 Å². The molecule has 0 atom stereocenters. The summed E-state index contributed by atoms with van der Waals surface area (Å²) in [5, 5.41) is 14.3. The molecule has 0 radical (unpaired) electrons. The van der Waals surface area contributed by atoms with E-state index in [4.69, 9.17) is 11.6 Å². The second kappa shape index (κ2) is 4.53. The largest absolute Gasteiger partial charge is 0.382 e. The van der Waals surface area contributed by atoms with E-state index in [1.807, 2.05) is 6.92 Å². The van der Waals surface area contributed by atoms with E-state index in [1.165, 1.54) is 6.07 Å². The number of hydrogen-bond donors (Lipinski definition) is 1. The molecular weight excluding hydrogens is 240 g/mol. The fourth-order valence-corrected chi connectivity index (χ4v) is 2.43. The maximum absolute atomic E-state index is 10.7. The molecule has 5 heteroatoms. The van der Waals surface area contributed by atoms with Crippen molar-refractivity contribution in [1.29, 1.82) is 0 Å². The minimum absolute atomic E-state index is 0.0308. The molecule has 0 unspecified atom stereocenters. The van der Waals surface area contributed by atoms with Crippen molar-refractivity contribution in [3.05, 3.63) is 32.8 Å². The third-order valence-electron chi connectivity index (χ3n) is 3.22. The normalized spacial score (nSPS) is 23.0.